The molecule has 3 heteroatoms. The van der Waals surface area contributed by atoms with Crippen LogP contribution in [0.15, 0.2) is 23.4 Å². The third-order valence-electron chi connectivity index (χ3n) is 2.58. The van der Waals surface area contributed by atoms with E-state index in [1.165, 1.54) is 0 Å². The second kappa shape index (κ2) is 5.54. The first-order valence-electron chi connectivity index (χ1n) is 5.54. The molecule has 0 radical (unpaired) electrons. The van der Waals surface area contributed by atoms with E-state index in [1.54, 1.807) is 6.92 Å². The molecule has 0 amide bonds. The number of oxime groups is 1. The van der Waals surface area contributed by atoms with E-state index in [2.05, 4.69) is 12.1 Å². The Balaban J connectivity index is 3.08. The third-order valence-corrected chi connectivity index (χ3v) is 2.58. The summed E-state index contributed by atoms with van der Waals surface area (Å²) in [6, 6.07) is 5.87. The van der Waals surface area contributed by atoms with Crippen molar-refractivity contribution in [1.82, 2.24) is 0 Å². The zero-order valence-corrected chi connectivity index (χ0v) is 10.3. The Morgan fingerprint density at radius 1 is 1.50 bits per heavy atom. The van der Waals surface area contributed by atoms with Crippen molar-refractivity contribution in [2.45, 2.75) is 40.2 Å². The van der Waals surface area contributed by atoms with Crippen molar-refractivity contribution in [3.63, 3.8) is 0 Å². The van der Waals surface area contributed by atoms with Crippen LogP contribution in [0.2, 0.25) is 0 Å². The fourth-order valence-electron chi connectivity index (χ4n) is 1.38. The first-order chi connectivity index (χ1) is 7.58. The molecular formula is C13H19NO2. The molecule has 16 heavy (non-hydrogen) atoms. The normalized spacial score (nSPS) is 13.6. The third kappa shape index (κ3) is 2.99. The molecule has 1 atom stereocenters. The van der Waals surface area contributed by atoms with Gasteiger partial charge in [0.25, 0.3) is 0 Å². The number of nitrogens with zero attached hydrogens (tertiary/aromatic N) is 1. The number of hydrogen-bond donors (Lipinski definition) is 1. The molecule has 1 unspecified atom stereocenters. The largest absolute Gasteiger partial charge is 0.490 e. The topological polar surface area (TPSA) is 41.8 Å². The van der Waals surface area contributed by atoms with Crippen LogP contribution in [0.4, 0.5) is 0 Å². The number of hydrogen-bond acceptors (Lipinski definition) is 3. The maximum Gasteiger partial charge on any atom is 0.129 e. The summed E-state index contributed by atoms with van der Waals surface area (Å²) in [5.74, 6) is 0.782. The van der Waals surface area contributed by atoms with E-state index in [0.717, 1.165) is 23.3 Å². The quantitative estimate of drug-likeness (QED) is 0.481. The number of benzene rings is 1. The summed E-state index contributed by atoms with van der Waals surface area (Å²) in [6.07, 6.45) is 1.11. The molecule has 3 nitrogen and oxygen atoms in total. The van der Waals surface area contributed by atoms with Crippen molar-refractivity contribution in [3.05, 3.63) is 29.3 Å². The van der Waals surface area contributed by atoms with Gasteiger partial charge in [0.05, 0.1) is 11.8 Å². The maximum absolute atomic E-state index is 8.81. The number of aryl methyl sites for hydroxylation is 1. The minimum Gasteiger partial charge on any atom is -0.490 e. The van der Waals surface area contributed by atoms with E-state index >= 15 is 0 Å². The lowest BCUT2D eigenvalue weighted by Crippen LogP contribution is -2.12. The van der Waals surface area contributed by atoms with Gasteiger partial charge in [-0.1, -0.05) is 18.1 Å². The van der Waals surface area contributed by atoms with E-state index in [9.17, 15) is 0 Å². The smallest absolute Gasteiger partial charge is 0.129 e. The van der Waals surface area contributed by atoms with Crippen LogP contribution in [0.1, 0.15) is 38.3 Å². The van der Waals surface area contributed by atoms with Gasteiger partial charge in [-0.2, -0.15) is 0 Å². The summed E-state index contributed by atoms with van der Waals surface area (Å²) in [5, 5.41) is 12.0. The first-order valence-corrected chi connectivity index (χ1v) is 5.54. The maximum atomic E-state index is 8.81. The van der Waals surface area contributed by atoms with Crippen LogP contribution in [0.25, 0.3) is 0 Å². The molecule has 0 saturated carbocycles. The van der Waals surface area contributed by atoms with E-state index in [0.29, 0.717) is 5.71 Å². The summed E-state index contributed by atoms with van der Waals surface area (Å²) in [7, 11) is 0. The average Bonchev–Trinajstić information content (AvgIpc) is 2.28. The van der Waals surface area contributed by atoms with Crippen molar-refractivity contribution in [2.24, 2.45) is 5.16 Å². The highest BCUT2D eigenvalue weighted by Gasteiger charge is 2.10. The second-order valence-electron chi connectivity index (χ2n) is 4.02. The van der Waals surface area contributed by atoms with Gasteiger partial charge in [0.1, 0.15) is 5.75 Å². The van der Waals surface area contributed by atoms with Gasteiger partial charge in [0, 0.05) is 5.56 Å². The van der Waals surface area contributed by atoms with E-state index < -0.39 is 0 Å². The van der Waals surface area contributed by atoms with Gasteiger partial charge in [-0.25, -0.2) is 0 Å². The van der Waals surface area contributed by atoms with Crippen molar-refractivity contribution in [3.8, 4) is 5.75 Å². The first kappa shape index (κ1) is 12.6. The second-order valence-corrected chi connectivity index (χ2v) is 4.02. The molecule has 0 bridgehead atoms. The zero-order valence-electron chi connectivity index (χ0n) is 10.3. The van der Waals surface area contributed by atoms with Crippen LogP contribution in [0.5, 0.6) is 5.75 Å². The van der Waals surface area contributed by atoms with Crippen LogP contribution < -0.4 is 4.74 Å². The minimum absolute atomic E-state index is 0.159. The molecule has 1 aromatic carbocycles. The fraction of sp³-hybridized carbons (Fsp3) is 0.462. The zero-order chi connectivity index (χ0) is 12.1. The van der Waals surface area contributed by atoms with E-state index in [4.69, 9.17) is 9.94 Å². The molecular weight excluding hydrogens is 202 g/mol. The Morgan fingerprint density at radius 3 is 2.75 bits per heavy atom. The predicted molar refractivity (Wildman–Crippen MR) is 65.6 cm³/mol. The Kier molecular flexibility index (Phi) is 4.35. The van der Waals surface area contributed by atoms with Gasteiger partial charge in [-0.3, -0.25) is 0 Å². The molecule has 1 N–H and O–H groups in total. The summed E-state index contributed by atoms with van der Waals surface area (Å²) in [4.78, 5) is 0. The molecule has 0 aliphatic carbocycles. The van der Waals surface area contributed by atoms with E-state index in [1.807, 2.05) is 32.0 Å². The molecule has 0 heterocycles. The Bertz CT molecular complexity index is 386. The Labute approximate surface area is 96.7 Å². The molecule has 0 aliphatic heterocycles. The van der Waals surface area contributed by atoms with Gasteiger partial charge in [0.15, 0.2) is 0 Å². The lowest BCUT2D eigenvalue weighted by molar-refractivity contribution is 0.216. The molecule has 1 aromatic rings. The standard InChI is InChI=1S/C13H19NO2/c1-5-10(3)16-13-8-9(2)6-7-12(13)11(4)14-15/h6-8,10,15H,5H2,1-4H3. The van der Waals surface area contributed by atoms with Gasteiger partial charge < -0.3 is 9.94 Å². The van der Waals surface area contributed by atoms with Crippen molar-refractivity contribution < 1.29 is 9.94 Å². The highest BCUT2D eigenvalue weighted by atomic mass is 16.5. The van der Waals surface area contributed by atoms with Crippen LogP contribution in [0, 0.1) is 6.92 Å². The number of rotatable bonds is 4. The van der Waals surface area contributed by atoms with Crippen LogP contribution in [0.3, 0.4) is 0 Å². The lowest BCUT2D eigenvalue weighted by Gasteiger charge is -2.16. The SMILES string of the molecule is CCC(C)Oc1cc(C)ccc1C(C)=NO. The molecule has 0 saturated heterocycles. The summed E-state index contributed by atoms with van der Waals surface area (Å²) >= 11 is 0. The van der Waals surface area contributed by atoms with Gasteiger partial charge in [0.2, 0.25) is 0 Å². The summed E-state index contributed by atoms with van der Waals surface area (Å²) in [5.41, 5.74) is 2.54. The van der Waals surface area contributed by atoms with Crippen molar-refractivity contribution >= 4 is 5.71 Å². The van der Waals surface area contributed by atoms with Gasteiger partial charge in [-0.15, -0.1) is 0 Å². The Morgan fingerprint density at radius 2 is 2.19 bits per heavy atom. The van der Waals surface area contributed by atoms with Crippen molar-refractivity contribution in [2.75, 3.05) is 0 Å². The summed E-state index contributed by atoms with van der Waals surface area (Å²) in [6.45, 7) is 7.87. The van der Waals surface area contributed by atoms with Gasteiger partial charge >= 0.3 is 0 Å². The highest BCUT2D eigenvalue weighted by molar-refractivity contribution is 6.00. The van der Waals surface area contributed by atoms with Crippen LogP contribution >= 0.6 is 0 Å². The molecule has 0 fully saturated rings. The van der Waals surface area contributed by atoms with Crippen molar-refractivity contribution in [1.29, 1.82) is 0 Å². The average molecular weight is 221 g/mol. The van der Waals surface area contributed by atoms with Crippen LogP contribution in [-0.2, 0) is 0 Å². The monoisotopic (exact) mass is 221 g/mol. The van der Waals surface area contributed by atoms with Gasteiger partial charge in [-0.05, 0) is 44.9 Å². The molecule has 1 rings (SSSR count). The predicted octanol–water partition coefficient (Wildman–Crippen LogP) is 3.37. The summed E-state index contributed by atoms with van der Waals surface area (Å²) < 4.78 is 5.81. The Hall–Kier alpha value is -1.51. The fourth-order valence-corrected chi connectivity index (χ4v) is 1.38. The number of ether oxygens (including phenoxy) is 1. The minimum atomic E-state index is 0.159. The molecule has 0 aromatic heterocycles. The lowest BCUT2D eigenvalue weighted by atomic mass is 10.1. The molecule has 0 aliphatic rings. The molecule has 88 valence electrons. The van der Waals surface area contributed by atoms with E-state index in [-0.39, 0.29) is 6.10 Å². The van der Waals surface area contributed by atoms with Crippen LogP contribution in [-0.4, -0.2) is 17.0 Å². The highest BCUT2D eigenvalue weighted by Crippen LogP contribution is 2.23. The molecule has 0 spiro atoms.